The quantitative estimate of drug-likeness (QED) is 0.674. The zero-order valence-electron chi connectivity index (χ0n) is 8.34. The van der Waals surface area contributed by atoms with E-state index in [1.165, 1.54) is 0 Å². The first-order valence-electron chi connectivity index (χ1n) is 4.17. The number of hydrogen-bond acceptors (Lipinski definition) is 3. The van der Waals surface area contributed by atoms with Gasteiger partial charge in [-0.15, -0.1) is 0 Å². The highest BCUT2D eigenvalue weighted by molar-refractivity contribution is 5.61. The lowest BCUT2D eigenvalue weighted by Crippen LogP contribution is -1.97. The number of benzene rings is 1. The van der Waals surface area contributed by atoms with Crippen LogP contribution in [0.4, 0.5) is 0 Å². The van der Waals surface area contributed by atoms with E-state index in [-0.39, 0.29) is 5.75 Å². The second-order valence-electron chi connectivity index (χ2n) is 3.20. The molecule has 0 atom stereocenters. The van der Waals surface area contributed by atoms with Gasteiger partial charge in [-0.2, -0.15) is 10.5 Å². The molecule has 0 aromatic heterocycles. The molecule has 0 aliphatic carbocycles. The van der Waals surface area contributed by atoms with Gasteiger partial charge in [-0.25, -0.2) is 0 Å². The highest BCUT2D eigenvalue weighted by atomic mass is 16.3. The fraction of sp³-hybridized carbons (Fsp3) is 0.273. The minimum atomic E-state index is 0.0451. The number of phenols is 1. The lowest BCUT2D eigenvalue weighted by molar-refractivity contribution is 0.466. The molecular formula is C11H10N2O. The van der Waals surface area contributed by atoms with Gasteiger partial charge < -0.3 is 5.11 Å². The van der Waals surface area contributed by atoms with Gasteiger partial charge in [-0.1, -0.05) is 0 Å². The van der Waals surface area contributed by atoms with Gasteiger partial charge in [0.1, 0.15) is 5.75 Å². The van der Waals surface area contributed by atoms with Gasteiger partial charge in [-0.3, -0.25) is 0 Å². The molecule has 70 valence electrons. The van der Waals surface area contributed by atoms with Crippen LogP contribution in [0.25, 0.3) is 0 Å². The number of rotatable bonds is 0. The summed E-state index contributed by atoms with van der Waals surface area (Å²) in [6.07, 6.45) is 0. The van der Waals surface area contributed by atoms with Crippen LogP contribution in [-0.4, -0.2) is 5.11 Å². The molecule has 0 heterocycles. The van der Waals surface area contributed by atoms with E-state index in [9.17, 15) is 5.11 Å². The van der Waals surface area contributed by atoms with E-state index in [0.717, 1.165) is 0 Å². The van der Waals surface area contributed by atoms with Crippen LogP contribution in [0.3, 0.4) is 0 Å². The summed E-state index contributed by atoms with van der Waals surface area (Å²) in [6.45, 7) is 5.07. The Labute approximate surface area is 82.8 Å². The zero-order chi connectivity index (χ0) is 10.9. The Bertz CT molecular complexity index is 435. The maximum atomic E-state index is 9.65. The monoisotopic (exact) mass is 186 g/mol. The summed E-state index contributed by atoms with van der Waals surface area (Å²) in [4.78, 5) is 0. The molecule has 3 nitrogen and oxygen atoms in total. The fourth-order valence-corrected chi connectivity index (χ4v) is 1.54. The van der Waals surface area contributed by atoms with Crippen LogP contribution >= 0.6 is 0 Å². The summed E-state index contributed by atoms with van der Waals surface area (Å²) in [5.41, 5.74) is 2.51. The highest BCUT2D eigenvalue weighted by Crippen LogP contribution is 2.30. The summed E-state index contributed by atoms with van der Waals surface area (Å²) >= 11 is 0. The van der Waals surface area contributed by atoms with E-state index in [1.807, 2.05) is 12.1 Å². The van der Waals surface area contributed by atoms with Crippen molar-refractivity contribution in [3.63, 3.8) is 0 Å². The van der Waals surface area contributed by atoms with Crippen LogP contribution in [0.2, 0.25) is 0 Å². The molecule has 0 saturated heterocycles. The molecule has 0 spiro atoms. The predicted molar refractivity (Wildman–Crippen MR) is 51.7 cm³/mol. The first-order chi connectivity index (χ1) is 6.54. The van der Waals surface area contributed by atoms with Crippen molar-refractivity contribution >= 4 is 0 Å². The molecule has 3 heteroatoms. The minimum Gasteiger partial charge on any atom is -0.507 e. The van der Waals surface area contributed by atoms with Crippen LogP contribution in [0, 0.1) is 43.4 Å². The third-order valence-corrected chi connectivity index (χ3v) is 2.43. The topological polar surface area (TPSA) is 67.8 Å². The predicted octanol–water partition coefficient (Wildman–Crippen LogP) is 2.06. The van der Waals surface area contributed by atoms with Crippen molar-refractivity contribution < 1.29 is 5.11 Å². The third-order valence-electron chi connectivity index (χ3n) is 2.43. The van der Waals surface area contributed by atoms with Gasteiger partial charge in [0.25, 0.3) is 0 Å². The van der Waals surface area contributed by atoms with Crippen molar-refractivity contribution in [1.82, 2.24) is 0 Å². The number of aromatic hydroxyl groups is 1. The molecule has 0 amide bonds. The van der Waals surface area contributed by atoms with Gasteiger partial charge >= 0.3 is 0 Å². The van der Waals surface area contributed by atoms with Crippen molar-refractivity contribution in [2.45, 2.75) is 20.8 Å². The van der Waals surface area contributed by atoms with Crippen molar-refractivity contribution in [3.8, 4) is 17.9 Å². The summed E-state index contributed by atoms with van der Waals surface area (Å²) < 4.78 is 0. The van der Waals surface area contributed by atoms with E-state index >= 15 is 0 Å². The molecule has 0 bridgehead atoms. The molecule has 1 aromatic rings. The Morgan fingerprint density at radius 3 is 1.50 bits per heavy atom. The molecule has 14 heavy (non-hydrogen) atoms. The standard InChI is InChI=1S/C11H10N2O/c1-6-9(4-12)7(2)11(14)8(3)10(6)5-13/h14H,1-3H3. The van der Waals surface area contributed by atoms with Gasteiger partial charge in [0.15, 0.2) is 0 Å². The lowest BCUT2D eigenvalue weighted by Gasteiger charge is -2.10. The van der Waals surface area contributed by atoms with E-state index in [2.05, 4.69) is 0 Å². The number of hydrogen-bond donors (Lipinski definition) is 1. The van der Waals surface area contributed by atoms with Gasteiger partial charge in [0.05, 0.1) is 23.3 Å². The largest absolute Gasteiger partial charge is 0.507 e. The SMILES string of the molecule is Cc1c(O)c(C)c(C#N)c(C)c1C#N. The van der Waals surface area contributed by atoms with Crippen LogP contribution in [0.15, 0.2) is 0 Å². The molecular weight excluding hydrogens is 176 g/mol. The Hall–Kier alpha value is -2.00. The maximum absolute atomic E-state index is 9.65. The Morgan fingerprint density at radius 2 is 1.21 bits per heavy atom. The second kappa shape index (κ2) is 3.40. The summed E-state index contributed by atoms with van der Waals surface area (Å²) in [6, 6.07) is 3.99. The van der Waals surface area contributed by atoms with E-state index in [0.29, 0.717) is 27.8 Å². The van der Waals surface area contributed by atoms with Crippen molar-refractivity contribution in [3.05, 3.63) is 27.8 Å². The molecule has 0 unspecified atom stereocenters. The minimum absolute atomic E-state index is 0.0451. The molecule has 1 aromatic carbocycles. The molecule has 0 radical (unpaired) electrons. The van der Waals surface area contributed by atoms with E-state index in [1.54, 1.807) is 20.8 Å². The van der Waals surface area contributed by atoms with Gasteiger partial charge in [0, 0.05) is 11.1 Å². The smallest absolute Gasteiger partial charge is 0.124 e. The molecule has 1 rings (SSSR count). The summed E-state index contributed by atoms with van der Waals surface area (Å²) in [7, 11) is 0. The Kier molecular flexibility index (Phi) is 2.45. The summed E-state index contributed by atoms with van der Waals surface area (Å²) in [5, 5.41) is 27.4. The lowest BCUT2D eigenvalue weighted by atomic mass is 9.93. The maximum Gasteiger partial charge on any atom is 0.124 e. The first kappa shape index (κ1) is 10.1. The molecule has 0 saturated carbocycles. The van der Waals surface area contributed by atoms with Gasteiger partial charge in [-0.05, 0) is 26.3 Å². The molecule has 1 N–H and O–H groups in total. The van der Waals surface area contributed by atoms with E-state index in [4.69, 9.17) is 10.5 Å². The fourth-order valence-electron chi connectivity index (χ4n) is 1.54. The number of phenolic OH excluding ortho intramolecular Hbond substituents is 1. The Balaban J connectivity index is 3.78. The summed E-state index contributed by atoms with van der Waals surface area (Å²) in [5.74, 6) is 0.0451. The number of nitrogens with zero attached hydrogens (tertiary/aromatic N) is 2. The van der Waals surface area contributed by atoms with Gasteiger partial charge in [0.2, 0.25) is 0 Å². The van der Waals surface area contributed by atoms with E-state index < -0.39 is 0 Å². The molecule has 0 aliphatic rings. The van der Waals surface area contributed by atoms with Crippen LogP contribution in [0.1, 0.15) is 27.8 Å². The third kappa shape index (κ3) is 1.20. The van der Waals surface area contributed by atoms with Crippen molar-refractivity contribution in [2.24, 2.45) is 0 Å². The average Bonchev–Trinajstić information content (AvgIpc) is 2.16. The first-order valence-corrected chi connectivity index (χ1v) is 4.17. The normalized spacial score (nSPS) is 9.21. The molecule has 0 aliphatic heterocycles. The number of nitriles is 2. The molecule has 0 fully saturated rings. The van der Waals surface area contributed by atoms with Crippen molar-refractivity contribution in [2.75, 3.05) is 0 Å². The Morgan fingerprint density at radius 1 is 0.857 bits per heavy atom. The van der Waals surface area contributed by atoms with Crippen LogP contribution < -0.4 is 0 Å². The highest BCUT2D eigenvalue weighted by Gasteiger charge is 2.15. The zero-order valence-corrected chi connectivity index (χ0v) is 8.34. The second-order valence-corrected chi connectivity index (χ2v) is 3.20. The van der Waals surface area contributed by atoms with Crippen molar-refractivity contribution in [1.29, 1.82) is 10.5 Å². The van der Waals surface area contributed by atoms with Crippen LogP contribution in [-0.2, 0) is 0 Å². The van der Waals surface area contributed by atoms with Crippen LogP contribution in [0.5, 0.6) is 5.75 Å². The average molecular weight is 186 g/mol.